The molecule has 0 aliphatic carbocycles. The quantitative estimate of drug-likeness (QED) is 0.514. The van der Waals surface area contributed by atoms with Crippen LogP contribution in [0.1, 0.15) is 72.4 Å². The van der Waals surface area contributed by atoms with Gasteiger partial charge in [0.2, 0.25) is 0 Å². The van der Waals surface area contributed by atoms with Crippen LogP contribution in [0, 0.1) is 17.0 Å². The van der Waals surface area contributed by atoms with Crippen LogP contribution >= 0.6 is 0 Å². The molecule has 0 N–H and O–H groups in total. The SMILES string of the molecule is CC1CC(C)[N+]([O-])(CC(C)Cc2ccc(C(C)(C)C)cc2)C(C)C1. The molecule has 0 saturated carbocycles. The predicted octanol–water partition coefficient (Wildman–Crippen LogP) is 5.68. The third-order valence-electron chi connectivity index (χ3n) is 5.98. The van der Waals surface area contributed by atoms with Crippen molar-refractivity contribution < 1.29 is 4.65 Å². The number of rotatable bonds is 4. The predicted molar refractivity (Wildman–Crippen MR) is 104 cm³/mol. The van der Waals surface area contributed by atoms with Gasteiger partial charge in [-0.05, 0) is 42.7 Å². The summed E-state index contributed by atoms with van der Waals surface area (Å²) in [5, 5.41) is 13.5. The molecule has 2 heteroatoms. The first-order valence-corrected chi connectivity index (χ1v) is 9.70. The third kappa shape index (κ3) is 4.40. The van der Waals surface area contributed by atoms with E-state index in [1.807, 2.05) is 0 Å². The van der Waals surface area contributed by atoms with E-state index < -0.39 is 0 Å². The zero-order valence-electron chi connectivity index (χ0n) is 16.8. The van der Waals surface area contributed by atoms with Gasteiger partial charge in [-0.15, -0.1) is 0 Å². The highest BCUT2D eigenvalue weighted by molar-refractivity contribution is 5.27. The van der Waals surface area contributed by atoms with Crippen molar-refractivity contribution in [1.82, 2.24) is 0 Å². The second-order valence-corrected chi connectivity index (χ2v) is 9.57. The van der Waals surface area contributed by atoms with Crippen molar-refractivity contribution in [3.05, 3.63) is 40.6 Å². The monoisotopic (exact) mass is 331 g/mol. The van der Waals surface area contributed by atoms with Gasteiger partial charge in [-0.2, -0.15) is 0 Å². The lowest BCUT2D eigenvalue weighted by molar-refractivity contribution is -0.935. The molecule has 0 aromatic heterocycles. The zero-order chi connectivity index (χ0) is 18.1. The fourth-order valence-corrected chi connectivity index (χ4v) is 4.51. The highest BCUT2D eigenvalue weighted by atomic mass is 16.6. The molecule has 1 aliphatic heterocycles. The van der Waals surface area contributed by atoms with Crippen LogP contribution in [0.2, 0.25) is 0 Å². The van der Waals surface area contributed by atoms with E-state index in [2.05, 4.69) is 72.7 Å². The van der Waals surface area contributed by atoms with Crippen molar-refractivity contribution in [1.29, 1.82) is 0 Å². The minimum Gasteiger partial charge on any atom is -0.632 e. The van der Waals surface area contributed by atoms with Crippen molar-refractivity contribution in [3.63, 3.8) is 0 Å². The molecular weight excluding hydrogens is 294 g/mol. The molecule has 3 unspecified atom stereocenters. The van der Waals surface area contributed by atoms with Gasteiger partial charge in [-0.1, -0.05) is 58.9 Å². The maximum Gasteiger partial charge on any atom is 0.0863 e. The van der Waals surface area contributed by atoms with E-state index in [0.717, 1.165) is 25.8 Å². The first kappa shape index (κ1) is 19.5. The van der Waals surface area contributed by atoms with Gasteiger partial charge in [-0.25, -0.2) is 0 Å². The maximum absolute atomic E-state index is 13.5. The Bertz CT molecular complexity index is 516. The molecule has 136 valence electrons. The molecule has 3 atom stereocenters. The van der Waals surface area contributed by atoms with E-state index in [4.69, 9.17) is 0 Å². The third-order valence-corrected chi connectivity index (χ3v) is 5.98. The summed E-state index contributed by atoms with van der Waals surface area (Å²) >= 11 is 0. The summed E-state index contributed by atoms with van der Waals surface area (Å²) in [5.41, 5.74) is 2.93. The Morgan fingerprint density at radius 3 is 2.00 bits per heavy atom. The van der Waals surface area contributed by atoms with Crippen molar-refractivity contribution in [2.24, 2.45) is 11.8 Å². The fraction of sp³-hybridized carbons (Fsp3) is 0.727. The summed E-state index contributed by atoms with van der Waals surface area (Å²) in [7, 11) is 0. The minimum absolute atomic E-state index is 0.00554. The first-order valence-electron chi connectivity index (χ1n) is 9.70. The number of hydrogen-bond donors (Lipinski definition) is 0. The number of hydrogen-bond acceptors (Lipinski definition) is 1. The highest BCUT2D eigenvalue weighted by Crippen LogP contribution is 2.35. The average Bonchev–Trinajstić information content (AvgIpc) is 2.44. The van der Waals surface area contributed by atoms with Gasteiger partial charge in [0, 0.05) is 18.8 Å². The lowest BCUT2D eigenvalue weighted by atomic mass is 9.85. The number of likely N-dealkylation sites (tertiary alicyclic amines) is 1. The van der Waals surface area contributed by atoms with E-state index >= 15 is 0 Å². The summed E-state index contributed by atoms with van der Waals surface area (Å²) in [4.78, 5) is 0. The van der Waals surface area contributed by atoms with Gasteiger partial charge in [0.1, 0.15) is 0 Å². The Kier molecular flexibility index (Phi) is 5.82. The largest absolute Gasteiger partial charge is 0.632 e. The van der Waals surface area contributed by atoms with Crippen LogP contribution in [-0.4, -0.2) is 23.3 Å². The normalized spacial score (nSPS) is 32.6. The van der Waals surface area contributed by atoms with Crippen LogP contribution in [-0.2, 0) is 11.8 Å². The Balaban J connectivity index is 2.01. The molecule has 1 aromatic carbocycles. The van der Waals surface area contributed by atoms with Gasteiger partial charge in [0.15, 0.2) is 0 Å². The molecule has 0 radical (unpaired) electrons. The van der Waals surface area contributed by atoms with Gasteiger partial charge in [0.05, 0.1) is 18.6 Å². The Labute approximate surface area is 149 Å². The smallest absolute Gasteiger partial charge is 0.0863 e. The molecule has 1 aliphatic rings. The summed E-state index contributed by atoms with van der Waals surface area (Å²) in [6, 6.07) is 9.45. The topological polar surface area (TPSA) is 23.1 Å². The Hall–Kier alpha value is -0.860. The van der Waals surface area contributed by atoms with Crippen molar-refractivity contribution in [2.45, 2.75) is 85.2 Å². The van der Waals surface area contributed by atoms with Crippen molar-refractivity contribution in [3.8, 4) is 0 Å². The van der Waals surface area contributed by atoms with E-state index in [9.17, 15) is 5.21 Å². The molecule has 0 amide bonds. The van der Waals surface area contributed by atoms with Gasteiger partial charge < -0.3 is 9.85 Å². The van der Waals surface area contributed by atoms with E-state index in [0.29, 0.717) is 11.8 Å². The summed E-state index contributed by atoms with van der Waals surface area (Å²) in [6.07, 6.45) is 3.14. The van der Waals surface area contributed by atoms with Gasteiger partial charge in [-0.3, -0.25) is 0 Å². The Morgan fingerprint density at radius 1 is 1.04 bits per heavy atom. The molecule has 1 fully saturated rings. The molecule has 24 heavy (non-hydrogen) atoms. The van der Waals surface area contributed by atoms with E-state index in [-0.39, 0.29) is 22.1 Å². The van der Waals surface area contributed by atoms with Crippen LogP contribution in [0.5, 0.6) is 0 Å². The van der Waals surface area contributed by atoms with Crippen molar-refractivity contribution in [2.75, 3.05) is 6.54 Å². The summed E-state index contributed by atoms with van der Waals surface area (Å²) in [5.74, 6) is 1.11. The number of hydroxylamine groups is 3. The fourth-order valence-electron chi connectivity index (χ4n) is 4.51. The summed E-state index contributed by atoms with van der Waals surface area (Å²) in [6.45, 7) is 16.3. The average molecular weight is 332 g/mol. The number of quaternary nitrogens is 1. The molecule has 0 bridgehead atoms. The van der Waals surface area contributed by atoms with E-state index in [1.165, 1.54) is 11.1 Å². The second-order valence-electron chi connectivity index (χ2n) is 9.57. The Morgan fingerprint density at radius 2 is 1.54 bits per heavy atom. The standard InChI is InChI=1S/C22H37NO/c1-16-12-18(3)23(24,19(4)13-16)15-17(2)14-20-8-10-21(11-9-20)22(5,6)7/h8-11,16-19H,12-15H2,1-7H3. The minimum atomic E-state index is 0.00554. The highest BCUT2D eigenvalue weighted by Gasteiger charge is 2.38. The molecular formula is C22H37NO. The number of piperidine rings is 1. The van der Waals surface area contributed by atoms with E-state index in [1.54, 1.807) is 0 Å². The molecule has 2 nitrogen and oxygen atoms in total. The second kappa shape index (κ2) is 7.17. The maximum atomic E-state index is 13.5. The molecule has 1 heterocycles. The lowest BCUT2D eigenvalue weighted by Crippen LogP contribution is -2.60. The number of nitrogens with zero attached hydrogens (tertiary/aromatic N) is 1. The van der Waals surface area contributed by atoms with Gasteiger partial charge in [0.25, 0.3) is 0 Å². The first-order chi connectivity index (χ1) is 11.0. The molecule has 2 rings (SSSR count). The molecule has 0 spiro atoms. The lowest BCUT2D eigenvalue weighted by Gasteiger charge is -2.57. The molecule has 1 aromatic rings. The zero-order valence-corrected chi connectivity index (χ0v) is 16.8. The van der Waals surface area contributed by atoms with Crippen LogP contribution in [0.3, 0.4) is 0 Å². The van der Waals surface area contributed by atoms with Crippen LogP contribution in [0.25, 0.3) is 0 Å². The van der Waals surface area contributed by atoms with Crippen LogP contribution in [0.4, 0.5) is 0 Å². The van der Waals surface area contributed by atoms with Crippen LogP contribution < -0.4 is 0 Å². The summed E-state index contributed by atoms with van der Waals surface area (Å²) < 4.78 is 0.00554. The molecule has 1 saturated heterocycles. The number of benzene rings is 1. The van der Waals surface area contributed by atoms with Crippen molar-refractivity contribution >= 4 is 0 Å². The van der Waals surface area contributed by atoms with Gasteiger partial charge >= 0.3 is 0 Å². The van der Waals surface area contributed by atoms with Crippen LogP contribution in [0.15, 0.2) is 24.3 Å².